The molecule has 2 aromatic rings. The fourth-order valence-electron chi connectivity index (χ4n) is 1.66. The molecule has 0 bridgehead atoms. The molecule has 82 valence electrons. The molecule has 2 heteroatoms. The van der Waals surface area contributed by atoms with Gasteiger partial charge in [0.25, 0.3) is 0 Å². The van der Waals surface area contributed by atoms with Crippen LogP contribution >= 0.6 is 0 Å². The van der Waals surface area contributed by atoms with E-state index in [4.69, 9.17) is 5.73 Å². The van der Waals surface area contributed by atoms with Crippen LogP contribution in [0.2, 0.25) is 0 Å². The van der Waals surface area contributed by atoms with E-state index >= 15 is 0 Å². The third kappa shape index (κ3) is 1.91. The van der Waals surface area contributed by atoms with E-state index in [1.165, 1.54) is 16.7 Å². The minimum Gasteiger partial charge on any atom is -0.383 e. The molecule has 0 spiro atoms. The molecule has 2 nitrogen and oxygen atoms in total. The van der Waals surface area contributed by atoms with Gasteiger partial charge in [-0.25, -0.2) is 4.98 Å². The molecular weight excluding hydrogens is 196 g/mol. The van der Waals surface area contributed by atoms with Gasteiger partial charge in [0.05, 0.1) is 0 Å². The summed E-state index contributed by atoms with van der Waals surface area (Å²) in [6, 6.07) is 8.51. The number of nitrogens with zero attached hydrogens (tertiary/aromatic N) is 1. The van der Waals surface area contributed by atoms with Crippen molar-refractivity contribution in [1.29, 1.82) is 0 Å². The van der Waals surface area contributed by atoms with Gasteiger partial charge in [-0.3, -0.25) is 0 Å². The maximum atomic E-state index is 5.71. The summed E-state index contributed by atoms with van der Waals surface area (Å²) >= 11 is 0. The maximum absolute atomic E-state index is 5.71. The molecule has 0 saturated heterocycles. The predicted octanol–water partition coefficient (Wildman–Crippen LogP) is 3.26. The monoisotopic (exact) mass is 212 g/mol. The largest absolute Gasteiger partial charge is 0.383 e. The second-order valence-corrected chi connectivity index (χ2v) is 4.23. The van der Waals surface area contributed by atoms with Crippen molar-refractivity contribution in [2.24, 2.45) is 0 Å². The van der Waals surface area contributed by atoms with Crippen molar-refractivity contribution >= 4 is 5.82 Å². The van der Waals surface area contributed by atoms with Crippen LogP contribution in [0.4, 0.5) is 5.82 Å². The summed E-state index contributed by atoms with van der Waals surface area (Å²) in [5.74, 6) is 0.604. The Hall–Kier alpha value is -1.83. The average Bonchev–Trinajstić information content (AvgIpc) is 2.26. The lowest BCUT2D eigenvalue weighted by atomic mass is 10.0. The first-order valence-electron chi connectivity index (χ1n) is 5.37. The fraction of sp³-hybridized carbons (Fsp3) is 0.214. The minimum absolute atomic E-state index is 0.604. The molecular formula is C14H16N2. The first kappa shape index (κ1) is 10.7. The number of aryl methyl sites for hydroxylation is 3. The Labute approximate surface area is 96.1 Å². The summed E-state index contributed by atoms with van der Waals surface area (Å²) in [7, 11) is 0. The minimum atomic E-state index is 0.604. The highest BCUT2D eigenvalue weighted by Gasteiger charge is 2.02. The van der Waals surface area contributed by atoms with Gasteiger partial charge in [-0.2, -0.15) is 0 Å². The Balaban J connectivity index is 2.50. The van der Waals surface area contributed by atoms with Gasteiger partial charge in [-0.15, -0.1) is 0 Å². The molecule has 16 heavy (non-hydrogen) atoms. The molecule has 1 heterocycles. The van der Waals surface area contributed by atoms with Crippen molar-refractivity contribution in [3.05, 3.63) is 47.2 Å². The summed E-state index contributed by atoms with van der Waals surface area (Å²) in [4.78, 5) is 4.18. The molecule has 0 saturated carbocycles. The normalized spacial score (nSPS) is 10.4. The molecule has 0 aliphatic carbocycles. The zero-order valence-corrected chi connectivity index (χ0v) is 9.91. The van der Waals surface area contributed by atoms with Crippen LogP contribution in [0.25, 0.3) is 11.1 Å². The van der Waals surface area contributed by atoms with Gasteiger partial charge in [0.2, 0.25) is 0 Å². The van der Waals surface area contributed by atoms with Crippen molar-refractivity contribution in [1.82, 2.24) is 4.98 Å². The van der Waals surface area contributed by atoms with Gasteiger partial charge >= 0.3 is 0 Å². The van der Waals surface area contributed by atoms with Gasteiger partial charge in [0.15, 0.2) is 0 Å². The summed E-state index contributed by atoms with van der Waals surface area (Å²) in [6.45, 7) is 6.22. The zero-order chi connectivity index (χ0) is 11.7. The van der Waals surface area contributed by atoms with Gasteiger partial charge < -0.3 is 5.73 Å². The zero-order valence-electron chi connectivity index (χ0n) is 9.91. The van der Waals surface area contributed by atoms with Crippen LogP contribution in [0, 0.1) is 20.8 Å². The number of rotatable bonds is 1. The molecule has 2 rings (SSSR count). The number of anilines is 1. The van der Waals surface area contributed by atoms with E-state index < -0.39 is 0 Å². The fourth-order valence-corrected chi connectivity index (χ4v) is 1.66. The number of hydrogen-bond acceptors (Lipinski definition) is 2. The Morgan fingerprint density at radius 2 is 1.56 bits per heavy atom. The molecule has 1 aromatic carbocycles. The highest BCUT2D eigenvalue weighted by molar-refractivity contribution is 5.66. The van der Waals surface area contributed by atoms with Crippen LogP contribution in [-0.4, -0.2) is 4.98 Å². The van der Waals surface area contributed by atoms with E-state index in [1.807, 2.05) is 13.1 Å². The Morgan fingerprint density at radius 3 is 2.19 bits per heavy atom. The number of aromatic nitrogens is 1. The number of pyridine rings is 1. The van der Waals surface area contributed by atoms with Crippen LogP contribution in [-0.2, 0) is 0 Å². The molecule has 0 aliphatic heterocycles. The van der Waals surface area contributed by atoms with Crippen LogP contribution in [0.3, 0.4) is 0 Å². The smallest absolute Gasteiger partial charge is 0.126 e. The van der Waals surface area contributed by atoms with E-state index in [9.17, 15) is 0 Å². The second-order valence-electron chi connectivity index (χ2n) is 4.23. The standard InChI is InChI=1S/C14H16N2/c1-9-4-5-12(6-10(9)2)13-7-11(3)14(15)16-8-13/h4-8H,1-3H3,(H2,15,16). The average molecular weight is 212 g/mol. The third-order valence-electron chi connectivity index (χ3n) is 2.96. The number of benzene rings is 1. The third-order valence-corrected chi connectivity index (χ3v) is 2.96. The Bertz CT molecular complexity index is 481. The van der Waals surface area contributed by atoms with Crippen LogP contribution in [0.15, 0.2) is 30.5 Å². The molecule has 0 fully saturated rings. The van der Waals surface area contributed by atoms with Crippen molar-refractivity contribution in [2.45, 2.75) is 20.8 Å². The Kier molecular flexibility index (Phi) is 2.65. The van der Waals surface area contributed by atoms with Gasteiger partial charge in [0, 0.05) is 11.8 Å². The first-order valence-corrected chi connectivity index (χ1v) is 5.37. The van der Waals surface area contributed by atoms with E-state index in [0.717, 1.165) is 11.1 Å². The topological polar surface area (TPSA) is 38.9 Å². The Morgan fingerprint density at radius 1 is 0.875 bits per heavy atom. The van der Waals surface area contributed by atoms with Crippen molar-refractivity contribution in [3.63, 3.8) is 0 Å². The summed E-state index contributed by atoms with van der Waals surface area (Å²) in [5.41, 5.74) is 11.7. The van der Waals surface area contributed by atoms with Crippen LogP contribution in [0.5, 0.6) is 0 Å². The van der Waals surface area contributed by atoms with E-state index in [1.54, 1.807) is 0 Å². The van der Waals surface area contributed by atoms with E-state index in [0.29, 0.717) is 5.82 Å². The number of hydrogen-bond donors (Lipinski definition) is 1. The van der Waals surface area contributed by atoms with Gasteiger partial charge in [0.1, 0.15) is 5.82 Å². The van der Waals surface area contributed by atoms with Crippen molar-refractivity contribution < 1.29 is 0 Å². The molecule has 0 radical (unpaired) electrons. The molecule has 1 aromatic heterocycles. The summed E-state index contributed by atoms with van der Waals surface area (Å²) in [5, 5.41) is 0. The van der Waals surface area contributed by atoms with Gasteiger partial charge in [-0.05, 0) is 49.1 Å². The quantitative estimate of drug-likeness (QED) is 0.788. The second kappa shape index (κ2) is 3.97. The van der Waals surface area contributed by atoms with Crippen LogP contribution < -0.4 is 5.73 Å². The number of nitrogen functional groups attached to an aromatic ring is 1. The lowest BCUT2D eigenvalue weighted by Gasteiger charge is -2.07. The van der Waals surface area contributed by atoms with Crippen molar-refractivity contribution in [3.8, 4) is 11.1 Å². The highest BCUT2D eigenvalue weighted by atomic mass is 14.8. The number of nitrogens with two attached hydrogens (primary N) is 1. The highest BCUT2D eigenvalue weighted by Crippen LogP contribution is 2.23. The summed E-state index contributed by atoms with van der Waals surface area (Å²) < 4.78 is 0. The molecule has 0 aliphatic rings. The molecule has 0 atom stereocenters. The molecule has 0 amide bonds. The summed E-state index contributed by atoms with van der Waals surface area (Å²) in [6.07, 6.45) is 1.83. The lowest BCUT2D eigenvalue weighted by molar-refractivity contribution is 1.27. The first-order chi connectivity index (χ1) is 7.58. The van der Waals surface area contributed by atoms with Crippen LogP contribution in [0.1, 0.15) is 16.7 Å². The lowest BCUT2D eigenvalue weighted by Crippen LogP contribution is -1.94. The molecule has 0 unspecified atom stereocenters. The maximum Gasteiger partial charge on any atom is 0.126 e. The van der Waals surface area contributed by atoms with E-state index in [2.05, 4.69) is 43.1 Å². The van der Waals surface area contributed by atoms with Crippen molar-refractivity contribution in [2.75, 3.05) is 5.73 Å². The SMILES string of the molecule is Cc1ccc(-c2cnc(N)c(C)c2)cc1C. The van der Waals surface area contributed by atoms with E-state index in [-0.39, 0.29) is 0 Å². The predicted molar refractivity (Wildman–Crippen MR) is 68.3 cm³/mol. The van der Waals surface area contributed by atoms with Gasteiger partial charge in [-0.1, -0.05) is 18.2 Å². The molecule has 2 N–H and O–H groups in total.